The number of hydrogen-bond acceptors (Lipinski definition) is 7. The van der Waals surface area contributed by atoms with E-state index in [0.29, 0.717) is 22.6 Å². The minimum atomic E-state index is -4.48. The molecule has 5 rings (SSSR count). The highest BCUT2D eigenvalue weighted by molar-refractivity contribution is 7.89. The summed E-state index contributed by atoms with van der Waals surface area (Å²) in [6, 6.07) is 16.0. The summed E-state index contributed by atoms with van der Waals surface area (Å²) < 4.78 is 77.9. The zero-order chi connectivity index (χ0) is 29.6. The van der Waals surface area contributed by atoms with Gasteiger partial charge in [0.05, 0.1) is 17.6 Å². The summed E-state index contributed by atoms with van der Waals surface area (Å²) in [5.41, 5.74) is 2.72. The first-order chi connectivity index (χ1) is 19.4. The molecule has 0 radical (unpaired) electrons. The molecule has 0 saturated carbocycles. The SMILES string of the molecule is COc1ccc2c(c1)C1(ONC(=O)OCc3ccc(C(F)(F)F)cc3)CCN(S(=O)(=O)c3ccc(C)cc3)C1N2C. The molecule has 9 nitrogen and oxygen atoms in total. The van der Waals surface area contributed by atoms with Gasteiger partial charge in [-0.15, -0.1) is 0 Å². The highest BCUT2D eigenvalue weighted by Crippen LogP contribution is 2.54. The molecule has 0 aromatic heterocycles. The van der Waals surface area contributed by atoms with E-state index in [1.165, 1.54) is 23.5 Å². The molecule has 41 heavy (non-hydrogen) atoms. The number of amides is 1. The monoisotopic (exact) mass is 591 g/mol. The number of alkyl halides is 3. The molecule has 3 aromatic carbocycles. The van der Waals surface area contributed by atoms with E-state index in [2.05, 4.69) is 5.48 Å². The number of carbonyl (C=O) groups excluding carboxylic acids is 1. The van der Waals surface area contributed by atoms with Gasteiger partial charge in [0.1, 0.15) is 18.5 Å². The van der Waals surface area contributed by atoms with Gasteiger partial charge in [0.15, 0.2) is 5.60 Å². The molecular formula is C28H28F3N3O6S. The maximum atomic E-state index is 13.8. The van der Waals surface area contributed by atoms with Crippen molar-refractivity contribution in [2.45, 2.75) is 42.8 Å². The second-order valence-electron chi connectivity index (χ2n) is 9.91. The van der Waals surface area contributed by atoms with Crippen molar-refractivity contribution in [3.8, 4) is 5.75 Å². The fraction of sp³-hybridized carbons (Fsp3) is 0.321. The number of ether oxygens (including phenoxy) is 2. The Balaban J connectivity index is 1.39. The van der Waals surface area contributed by atoms with E-state index in [-0.39, 0.29) is 24.5 Å². The van der Waals surface area contributed by atoms with E-state index in [1.807, 2.05) is 6.92 Å². The third-order valence-electron chi connectivity index (χ3n) is 7.40. The highest BCUT2D eigenvalue weighted by Gasteiger charge is 2.61. The molecule has 2 atom stereocenters. The van der Waals surface area contributed by atoms with Crippen LogP contribution in [-0.2, 0) is 38.0 Å². The van der Waals surface area contributed by atoms with Gasteiger partial charge in [-0.3, -0.25) is 4.84 Å². The lowest BCUT2D eigenvalue weighted by atomic mass is 9.92. The second-order valence-corrected chi connectivity index (χ2v) is 11.8. The van der Waals surface area contributed by atoms with E-state index < -0.39 is 39.6 Å². The Morgan fingerprint density at radius 2 is 1.76 bits per heavy atom. The predicted octanol–water partition coefficient (Wildman–Crippen LogP) is 4.95. The Labute approximate surface area is 235 Å². The maximum Gasteiger partial charge on any atom is 0.431 e. The smallest absolute Gasteiger partial charge is 0.431 e. The first kappa shape index (κ1) is 28.7. The molecule has 2 unspecified atom stereocenters. The van der Waals surface area contributed by atoms with Gasteiger partial charge in [-0.2, -0.15) is 23.0 Å². The molecule has 218 valence electrons. The number of rotatable bonds is 7. The Hall–Kier alpha value is -3.81. The van der Waals surface area contributed by atoms with Gasteiger partial charge in [-0.1, -0.05) is 29.8 Å². The summed E-state index contributed by atoms with van der Waals surface area (Å²) in [5.74, 6) is 0.519. The van der Waals surface area contributed by atoms with Crippen LogP contribution in [0.5, 0.6) is 5.75 Å². The lowest BCUT2D eigenvalue weighted by Crippen LogP contribution is -2.53. The van der Waals surface area contributed by atoms with Crippen molar-refractivity contribution in [3.63, 3.8) is 0 Å². The standard InChI is InChI=1S/C28H28F3N3O6S/c1-18-4-11-22(12-5-18)41(36,37)34-15-14-27(23-16-21(38-3)10-13-24(23)33(2)25(27)34)40-32-26(35)39-17-19-6-8-20(9-7-19)28(29,30)31/h4-13,16,25H,14-15,17H2,1-3H3,(H,32,35). The number of nitrogens with zero attached hydrogens (tertiary/aromatic N) is 2. The van der Waals surface area contributed by atoms with E-state index in [4.69, 9.17) is 14.3 Å². The van der Waals surface area contributed by atoms with Gasteiger partial charge in [-0.05, 0) is 55.0 Å². The van der Waals surface area contributed by atoms with Crippen LogP contribution in [0.25, 0.3) is 0 Å². The molecular weight excluding hydrogens is 563 g/mol. The average molecular weight is 592 g/mol. The van der Waals surface area contributed by atoms with Crippen molar-refractivity contribution in [1.29, 1.82) is 0 Å². The van der Waals surface area contributed by atoms with E-state index in [9.17, 15) is 26.4 Å². The number of methoxy groups -OCH3 is 1. The zero-order valence-corrected chi connectivity index (χ0v) is 23.3. The van der Waals surface area contributed by atoms with Gasteiger partial charge in [0.2, 0.25) is 10.0 Å². The quantitative estimate of drug-likeness (QED) is 0.389. The average Bonchev–Trinajstić information content (AvgIpc) is 3.45. The third kappa shape index (κ3) is 5.20. The number of fused-ring (bicyclic) bond motifs is 3. The van der Waals surface area contributed by atoms with Crippen LogP contribution in [0.4, 0.5) is 23.7 Å². The first-order valence-corrected chi connectivity index (χ1v) is 14.1. The fourth-order valence-corrected chi connectivity index (χ4v) is 6.97. The number of benzene rings is 3. The minimum absolute atomic E-state index is 0.101. The number of carbonyl (C=O) groups is 1. The molecule has 1 amide bonds. The highest BCUT2D eigenvalue weighted by atomic mass is 32.2. The van der Waals surface area contributed by atoms with Crippen molar-refractivity contribution in [3.05, 3.63) is 89.0 Å². The van der Waals surface area contributed by atoms with Gasteiger partial charge >= 0.3 is 12.3 Å². The van der Waals surface area contributed by atoms with Crippen LogP contribution in [0.1, 0.15) is 28.7 Å². The molecule has 2 heterocycles. The Kier molecular flexibility index (Phi) is 7.38. The molecule has 13 heteroatoms. The fourth-order valence-electron chi connectivity index (χ4n) is 5.32. The number of halogens is 3. The summed E-state index contributed by atoms with van der Waals surface area (Å²) in [7, 11) is -0.709. The Morgan fingerprint density at radius 1 is 1.07 bits per heavy atom. The lowest BCUT2D eigenvalue weighted by Gasteiger charge is -2.35. The van der Waals surface area contributed by atoms with Crippen molar-refractivity contribution < 1.29 is 40.7 Å². The summed E-state index contributed by atoms with van der Waals surface area (Å²) in [6.45, 7) is 1.66. The minimum Gasteiger partial charge on any atom is -0.497 e. The zero-order valence-electron chi connectivity index (χ0n) is 22.4. The molecule has 0 spiro atoms. The molecule has 0 aliphatic carbocycles. The van der Waals surface area contributed by atoms with Crippen LogP contribution >= 0.6 is 0 Å². The summed E-state index contributed by atoms with van der Waals surface area (Å²) in [6.07, 6.45) is -6.12. The normalized spacial score (nSPS) is 20.4. The predicted molar refractivity (Wildman–Crippen MR) is 142 cm³/mol. The van der Waals surface area contributed by atoms with Crippen LogP contribution in [0, 0.1) is 6.92 Å². The van der Waals surface area contributed by atoms with Crippen LogP contribution in [0.2, 0.25) is 0 Å². The summed E-state index contributed by atoms with van der Waals surface area (Å²) >= 11 is 0. The number of nitrogens with one attached hydrogen (secondary N) is 1. The van der Waals surface area contributed by atoms with Gasteiger partial charge < -0.3 is 14.4 Å². The Morgan fingerprint density at radius 3 is 2.39 bits per heavy atom. The van der Waals surface area contributed by atoms with Crippen molar-refractivity contribution >= 4 is 21.8 Å². The van der Waals surface area contributed by atoms with E-state index >= 15 is 0 Å². The number of likely N-dealkylation sites (N-methyl/N-ethyl adjacent to an activating group) is 1. The van der Waals surface area contributed by atoms with Crippen LogP contribution in [0.15, 0.2) is 71.6 Å². The number of sulfonamides is 1. The lowest BCUT2D eigenvalue weighted by molar-refractivity contribution is -0.137. The molecule has 0 bridgehead atoms. The van der Waals surface area contributed by atoms with Crippen LogP contribution in [-0.4, -0.2) is 45.7 Å². The molecule has 2 aliphatic heterocycles. The van der Waals surface area contributed by atoms with E-state index in [0.717, 1.165) is 17.7 Å². The van der Waals surface area contributed by atoms with Gasteiger partial charge in [-0.25, -0.2) is 13.2 Å². The Bertz CT molecular complexity index is 1550. The van der Waals surface area contributed by atoms with Crippen molar-refractivity contribution in [2.24, 2.45) is 0 Å². The van der Waals surface area contributed by atoms with E-state index in [1.54, 1.807) is 54.4 Å². The first-order valence-electron chi connectivity index (χ1n) is 12.6. The van der Waals surface area contributed by atoms with Gasteiger partial charge in [0, 0.05) is 31.3 Å². The van der Waals surface area contributed by atoms with Crippen LogP contribution < -0.4 is 15.1 Å². The molecule has 1 saturated heterocycles. The molecule has 1 fully saturated rings. The van der Waals surface area contributed by atoms with Gasteiger partial charge in [0.25, 0.3) is 0 Å². The summed E-state index contributed by atoms with van der Waals surface area (Å²) in [4.78, 5) is 20.6. The summed E-state index contributed by atoms with van der Waals surface area (Å²) in [5, 5.41) is 0. The van der Waals surface area contributed by atoms with Crippen LogP contribution in [0.3, 0.4) is 0 Å². The van der Waals surface area contributed by atoms with Crippen molar-refractivity contribution in [1.82, 2.24) is 9.79 Å². The molecule has 2 aliphatic rings. The van der Waals surface area contributed by atoms with Crippen molar-refractivity contribution in [2.75, 3.05) is 25.6 Å². The number of hydroxylamine groups is 1. The molecule has 3 aromatic rings. The maximum absolute atomic E-state index is 13.8. The number of hydrogen-bond donors (Lipinski definition) is 1. The number of aryl methyl sites for hydroxylation is 1. The topological polar surface area (TPSA) is 97.4 Å². The third-order valence-corrected chi connectivity index (χ3v) is 9.26. The number of anilines is 1. The largest absolute Gasteiger partial charge is 0.497 e. The second kappa shape index (κ2) is 10.5. The molecule has 1 N–H and O–H groups in total.